The highest BCUT2D eigenvalue weighted by Gasteiger charge is 2.04. The molecule has 0 aliphatic heterocycles. The molecule has 3 nitrogen and oxygen atoms in total. The molecule has 3 rings (SSSR count). The lowest BCUT2D eigenvalue weighted by Crippen LogP contribution is -2.16. The number of nitrogens with one attached hydrogen (secondary N) is 2. The first kappa shape index (κ1) is 13.7. The highest BCUT2D eigenvalue weighted by Crippen LogP contribution is 2.15. The maximum atomic E-state index is 13.1. The predicted molar refractivity (Wildman–Crippen MR) is 77.9 cm³/mol. The van der Waals surface area contributed by atoms with Gasteiger partial charge in [-0.25, -0.2) is 13.8 Å². The number of fused-ring (bicyclic) bond motifs is 1. The topological polar surface area (TPSA) is 40.7 Å². The molecule has 0 unspecified atom stereocenters. The number of rotatable bonds is 5. The first-order valence-electron chi connectivity index (χ1n) is 6.79. The van der Waals surface area contributed by atoms with E-state index >= 15 is 0 Å². The molecular formula is C16H15F2N3. The Labute approximate surface area is 121 Å². The molecule has 0 spiro atoms. The number of H-pyrrole nitrogens is 1. The summed E-state index contributed by atoms with van der Waals surface area (Å²) in [5, 5.41) is 4.36. The molecule has 0 fully saturated rings. The number of benzene rings is 1. The fourth-order valence-corrected chi connectivity index (χ4v) is 2.37. The van der Waals surface area contributed by atoms with Gasteiger partial charge in [-0.05, 0) is 48.4 Å². The fourth-order valence-electron chi connectivity index (χ4n) is 2.37. The molecule has 108 valence electrons. The van der Waals surface area contributed by atoms with Crippen molar-refractivity contribution >= 4 is 11.0 Å². The van der Waals surface area contributed by atoms with Gasteiger partial charge in [0.25, 0.3) is 0 Å². The molecule has 5 heteroatoms. The van der Waals surface area contributed by atoms with Crippen LogP contribution in [0.25, 0.3) is 11.0 Å². The molecular weight excluding hydrogens is 272 g/mol. The van der Waals surface area contributed by atoms with Gasteiger partial charge in [0, 0.05) is 30.4 Å². The summed E-state index contributed by atoms with van der Waals surface area (Å²) in [7, 11) is 0. The Hall–Kier alpha value is -2.27. The summed E-state index contributed by atoms with van der Waals surface area (Å²) in [5.41, 5.74) is 2.64. The van der Waals surface area contributed by atoms with E-state index in [2.05, 4.69) is 15.3 Å². The van der Waals surface area contributed by atoms with Gasteiger partial charge in [0.05, 0.1) is 0 Å². The summed E-state index contributed by atoms with van der Waals surface area (Å²) >= 11 is 0. The maximum Gasteiger partial charge on any atom is 0.137 e. The first-order chi connectivity index (χ1) is 10.2. The molecule has 0 bridgehead atoms. The molecule has 21 heavy (non-hydrogen) atoms. The average molecular weight is 287 g/mol. The lowest BCUT2D eigenvalue weighted by atomic mass is 10.1. The molecule has 0 saturated carbocycles. The van der Waals surface area contributed by atoms with E-state index in [0.717, 1.165) is 22.7 Å². The summed E-state index contributed by atoms with van der Waals surface area (Å²) in [6, 6.07) is 7.52. The molecule has 0 aliphatic rings. The number of nitrogens with zero attached hydrogens (tertiary/aromatic N) is 1. The molecule has 0 saturated heterocycles. The molecule has 0 atom stereocenters. The van der Waals surface area contributed by atoms with Crippen LogP contribution in [0.4, 0.5) is 8.78 Å². The standard InChI is InChI=1S/C16H15F2N3/c17-13-6-11(7-14(18)8-13)3-5-19-9-12-10-21-16-15(12)2-1-4-20-16/h1-2,4,6-8,10,19H,3,5,9H2,(H,20,21). The Morgan fingerprint density at radius 1 is 1.14 bits per heavy atom. The zero-order valence-electron chi connectivity index (χ0n) is 11.4. The van der Waals surface area contributed by atoms with Gasteiger partial charge >= 0.3 is 0 Å². The number of hydrogen-bond acceptors (Lipinski definition) is 2. The summed E-state index contributed by atoms with van der Waals surface area (Å²) in [6.45, 7) is 1.33. The van der Waals surface area contributed by atoms with Gasteiger partial charge in [-0.3, -0.25) is 0 Å². The van der Waals surface area contributed by atoms with Gasteiger partial charge in [-0.1, -0.05) is 0 Å². The quantitative estimate of drug-likeness (QED) is 0.708. The minimum absolute atomic E-state index is 0.535. The van der Waals surface area contributed by atoms with Crippen LogP contribution in [-0.4, -0.2) is 16.5 Å². The van der Waals surface area contributed by atoms with E-state index in [4.69, 9.17) is 0 Å². The lowest BCUT2D eigenvalue weighted by Gasteiger charge is -2.05. The normalized spacial score (nSPS) is 11.1. The van der Waals surface area contributed by atoms with Crippen LogP contribution in [0.2, 0.25) is 0 Å². The van der Waals surface area contributed by atoms with Crippen molar-refractivity contribution in [2.75, 3.05) is 6.54 Å². The molecule has 1 aromatic carbocycles. The van der Waals surface area contributed by atoms with Crippen LogP contribution in [-0.2, 0) is 13.0 Å². The SMILES string of the molecule is Fc1cc(F)cc(CCNCc2c[nH]c3ncccc23)c1. The predicted octanol–water partition coefficient (Wildman–Crippen LogP) is 3.17. The van der Waals surface area contributed by atoms with Gasteiger partial charge < -0.3 is 10.3 Å². The third-order valence-electron chi connectivity index (χ3n) is 3.37. The van der Waals surface area contributed by atoms with E-state index in [9.17, 15) is 8.78 Å². The largest absolute Gasteiger partial charge is 0.346 e. The minimum Gasteiger partial charge on any atom is -0.346 e. The van der Waals surface area contributed by atoms with E-state index < -0.39 is 11.6 Å². The van der Waals surface area contributed by atoms with Crippen molar-refractivity contribution < 1.29 is 8.78 Å². The molecule has 2 N–H and O–H groups in total. The third kappa shape index (κ3) is 3.25. The summed E-state index contributed by atoms with van der Waals surface area (Å²) in [4.78, 5) is 7.34. The van der Waals surface area contributed by atoms with Crippen LogP contribution in [0.1, 0.15) is 11.1 Å². The summed E-state index contributed by atoms with van der Waals surface area (Å²) < 4.78 is 26.1. The van der Waals surface area contributed by atoms with Crippen molar-refractivity contribution in [2.24, 2.45) is 0 Å². The maximum absolute atomic E-state index is 13.1. The Morgan fingerprint density at radius 2 is 1.95 bits per heavy atom. The molecule has 2 aromatic heterocycles. The second-order valence-corrected chi connectivity index (χ2v) is 4.92. The Balaban J connectivity index is 1.56. The lowest BCUT2D eigenvalue weighted by molar-refractivity contribution is 0.577. The van der Waals surface area contributed by atoms with Crippen molar-refractivity contribution in [3.8, 4) is 0 Å². The van der Waals surface area contributed by atoms with Gasteiger partial charge in [0.15, 0.2) is 0 Å². The zero-order chi connectivity index (χ0) is 14.7. The molecule has 0 amide bonds. The van der Waals surface area contributed by atoms with Crippen molar-refractivity contribution in [2.45, 2.75) is 13.0 Å². The van der Waals surface area contributed by atoms with E-state index in [1.54, 1.807) is 6.20 Å². The zero-order valence-corrected chi connectivity index (χ0v) is 11.4. The van der Waals surface area contributed by atoms with Gasteiger partial charge in [0.2, 0.25) is 0 Å². The van der Waals surface area contributed by atoms with Crippen LogP contribution in [0, 0.1) is 11.6 Å². The molecule has 0 radical (unpaired) electrons. The second kappa shape index (κ2) is 6.01. The number of pyridine rings is 1. The number of aromatic amines is 1. The Bertz CT molecular complexity index is 732. The average Bonchev–Trinajstić information content (AvgIpc) is 2.86. The second-order valence-electron chi connectivity index (χ2n) is 4.92. The fraction of sp³-hybridized carbons (Fsp3) is 0.188. The monoisotopic (exact) mass is 287 g/mol. The highest BCUT2D eigenvalue weighted by atomic mass is 19.1. The van der Waals surface area contributed by atoms with Crippen LogP contribution < -0.4 is 5.32 Å². The van der Waals surface area contributed by atoms with Crippen LogP contribution in [0.3, 0.4) is 0 Å². The molecule has 3 aromatic rings. The Kier molecular flexibility index (Phi) is 3.92. The molecule has 2 heterocycles. The minimum atomic E-state index is -0.535. The number of aromatic nitrogens is 2. The number of halogens is 2. The Morgan fingerprint density at radius 3 is 2.76 bits per heavy atom. The van der Waals surface area contributed by atoms with Crippen LogP contribution in [0.15, 0.2) is 42.7 Å². The number of hydrogen-bond donors (Lipinski definition) is 2. The van der Waals surface area contributed by atoms with Crippen LogP contribution >= 0.6 is 0 Å². The summed E-state index contributed by atoms with van der Waals surface area (Å²) in [6.07, 6.45) is 4.25. The highest BCUT2D eigenvalue weighted by molar-refractivity contribution is 5.79. The van der Waals surface area contributed by atoms with E-state index in [0.29, 0.717) is 25.1 Å². The van der Waals surface area contributed by atoms with Gasteiger partial charge in [-0.2, -0.15) is 0 Å². The first-order valence-corrected chi connectivity index (χ1v) is 6.79. The third-order valence-corrected chi connectivity index (χ3v) is 3.37. The van der Waals surface area contributed by atoms with Crippen LogP contribution in [0.5, 0.6) is 0 Å². The van der Waals surface area contributed by atoms with Gasteiger partial charge in [-0.15, -0.1) is 0 Å². The van der Waals surface area contributed by atoms with E-state index in [-0.39, 0.29) is 0 Å². The van der Waals surface area contributed by atoms with E-state index in [1.807, 2.05) is 18.3 Å². The van der Waals surface area contributed by atoms with Crippen molar-refractivity contribution in [3.63, 3.8) is 0 Å². The van der Waals surface area contributed by atoms with Crippen molar-refractivity contribution in [1.29, 1.82) is 0 Å². The molecule has 0 aliphatic carbocycles. The summed E-state index contributed by atoms with van der Waals surface area (Å²) in [5.74, 6) is -1.07. The van der Waals surface area contributed by atoms with Gasteiger partial charge in [0.1, 0.15) is 17.3 Å². The van der Waals surface area contributed by atoms with Crippen molar-refractivity contribution in [3.05, 3.63) is 65.5 Å². The van der Waals surface area contributed by atoms with E-state index in [1.165, 1.54) is 12.1 Å². The van der Waals surface area contributed by atoms with Crippen molar-refractivity contribution in [1.82, 2.24) is 15.3 Å². The smallest absolute Gasteiger partial charge is 0.137 e.